The first-order valence-corrected chi connectivity index (χ1v) is 9.89. The summed E-state index contributed by atoms with van der Waals surface area (Å²) < 4.78 is 4.40. The Morgan fingerprint density at radius 2 is 2.00 bits per heavy atom. The summed E-state index contributed by atoms with van der Waals surface area (Å²) in [6.45, 7) is 7.93. The number of benzene rings is 1. The molecule has 2 heterocycles. The van der Waals surface area contributed by atoms with Crippen LogP contribution in [0.3, 0.4) is 0 Å². The van der Waals surface area contributed by atoms with Crippen molar-refractivity contribution in [1.82, 2.24) is 19.1 Å². The number of carbonyl (C=O) groups is 1. The number of hydrogen-bond acceptors (Lipinski definition) is 3. The Kier molecular flexibility index (Phi) is 6.27. The number of fused-ring (bicyclic) bond motifs is 1. The Labute approximate surface area is 160 Å². The van der Waals surface area contributed by atoms with E-state index in [-0.39, 0.29) is 5.91 Å². The Hall–Kier alpha value is -2.63. The van der Waals surface area contributed by atoms with Crippen molar-refractivity contribution >= 4 is 22.6 Å². The number of anilines is 1. The second-order valence-electron chi connectivity index (χ2n) is 6.99. The van der Waals surface area contributed by atoms with Crippen molar-refractivity contribution in [3.63, 3.8) is 0 Å². The lowest BCUT2D eigenvalue weighted by atomic mass is 10.2. The fraction of sp³-hybridized carbons (Fsp3) is 0.476. The third kappa shape index (κ3) is 4.56. The molecule has 0 radical (unpaired) electrons. The van der Waals surface area contributed by atoms with Crippen molar-refractivity contribution in [3.8, 4) is 0 Å². The maximum atomic E-state index is 12.0. The number of unbranched alkanes of at least 4 members (excludes halogenated alkanes) is 2. The minimum atomic E-state index is 0.0656. The quantitative estimate of drug-likeness (QED) is 0.605. The second kappa shape index (κ2) is 8.84. The molecule has 1 N–H and O–H groups in total. The van der Waals surface area contributed by atoms with Crippen LogP contribution in [-0.4, -0.2) is 25.0 Å². The van der Waals surface area contributed by atoms with Gasteiger partial charge in [-0.1, -0.05) is 26.7 Å². The molecule has 27 heavy (non-hydrogen) atoms. The Balaban J connectivity index is 1.89. The first-order chi connectivity index (χ1) is 13.1. The van der Waals surface area contributed by atoms with E-state index in [1.165, 1.54) is 0 Å². The molecule has 0 aliphatic heterocycles. The molecular weight excluding hydrogens is 338 g/mol. The highest BCUT2D eigenvalue weighted by molar-refractivity contribution is 5.93. The Bertz CT molecular complexity index is 909. The second-order valence-corrected chi connectivity index (χ2v) is 6.99. The van der Waals surface area contributed by atoms with Gasteiger partial charge in [-0.15, -0.1) is 0 Å². The van der Waals surface area contributed by atoms with Crippen molar-refractivity contribution in [1.29, 1.82) is 0 Å². The molecule has 0 saturated carbocycles. The molecule has 0 spiro atoms. The van der Waals surface area contributed by atoms with Crippen LogP contribution in [0.5, 0.6) is 0 Å². The number of carbonyl (C=O) groups excluding carboxylic acids is 1. The number of nitrogens with zero attached hydrogens (tertiary/aromatic N) is 4. The summed E-state index contributed by atoms with van der Waals surface area (Å²) in [5.74, 6) is 2.07. The lowest BCUT2D eigenvalue weighted by molar-refractivity contribution is -0.116. The van der Waals surface area contributed by atoms with Crippen LogP contribution < -0.4 is 5.32 Å². The average molecular weight is 367 g/mol. The largest absolute Gasteiger partial charge is 0.328 e. The Morgan fingerprint density at radius 3 is 2.70 bits per heavy atom. The van der Waals surface area contributed by atoms with Gasteiger partial charge >= 0.3 is 0 Å². The molecule has 2 aromatic heterocycles. The standard InChI is InChI=1S/C21H29N5O/c1-4-6-8-21(27)23-17-9-10-19-18(14-17)24-20(26(19)12-7-5-2)15-25-13-11-22-16(25)3/h9-11,13-14H,4-8,12,15H2,1-3H3,(H,23,27). The number of aryl methyl sites for hydroxylation is 2. The molecule has 0 aliphatic carbocycles. The van der Waals surface area contributed by atoms with E-state index in [2.05, 4.69) is 39.3 Å². The lowest BCUT2D eigenvalue weighted by Crippen LogP contribution is -2.11. The van der Waals surface area contributed by atoms with Gasteiger partial charge in [0.1, 0.15) is 11.6 Å². The first kappa shape index (κ1) is 19.1. The van der Waals surface area contributed by atoms with Gasteiger partial charge in [0.05, 0.1) is 17.6 Å². The van der Waals surface area contributed by atoms with E-state index in [1.807, 2.05) is 31.5 Å². The normalized spacial score (nSPS) is 11.2. The molecule has 0 fully saturated rings. The van der Waals surface area contributed by atoms with Crippen molar-refractivity contribution in [2.45, 2.75) is 66.0 Å². The molecule has 3 aromatic rings. The van der Waals surface area contributed by atoms with Crippen molar-refractivity contribution < 1.29 is 4.79 Å². The molecule has 1 aromatic carbocycles. The third-order valence-corrected chi connectivity index (χ3v) is 4.84. The first-order valence-electron chi connectivity index (χ1n) is 9.89. The molecule has 6 nitrogen and oxygen atoms in total. The minimum absolute atomic E-state index is 0.0656. The van der Waals surface area contributed by atoms with Gasteiger partial charge in [-0.3, -0.25) is 4.79 Å². The molecular formula is C21H29N5O. The van der Waals surface area contributed by atoms with Gasteiger partial charge in [-0.25, -0.2) is 9.97 Å². The molecule has 144 valence electrons. The van der Waals surface area contributed by atoms with E-state index in [1.54, 1.807) is 0 Å². The molecule has 0 aliphatic rings. The fourth-order valence-electron chi connectivity index (χ4n) is 3.23. The topological polar surface area (TPSA) is 64.7 Å². The van der Waals surface area contributed by atoms with E-state index in [4.69, 9.17) is 4.98 Å². The summed E-state index contributed by atoms with van der Waals surface area (Å²) in [5.41, 5.74) is 2.85. The van der Waals surface area contributed by atoms with E-state index in [9.17, 15) is 4.79 Å². The number of rotatable bonds is 9. The number of aromatic nitrogens is 4. The van der Waals surface area contributed by atoms with Gasteiger partial charge in [-0.2, -0.15) is 0 Å². The average Bonchev–Trinajstić information content (AvgIpc) is 3.21. The highest BCUT2D eigenvalue weighted by Crippen LogP contribution is 2.22. The summed E-state index contributed by atoms with van der Waals surface area (Å²) in [4.78, 5) is 21.2. The zero-order valence-electron chi connectivity index (χ0n) is 16.5. The predicted octanol–water partition coefficient (Wildman–Crippen LogP) is 4.52. The summed E-state index contributed by atoms with van der Waals surface area (Å²) in [7, 11) is 0. The molecule has 0 saturated heterocycles. The van der Waals surface area contributed by atoms with Crippen LogP contribution in [0.1, 0.15) is 57.6 Å². The molecule has 3 rings (SSSR count). The number of hydrogen-bond donors (Lipinski definition) is 1. The van der Waals surface area contributed by atoms with Crippen molar-refractivity contribution in [2.24, 2.45) is 0 Å². The van der Waals surface area contributed by atoms with Gasteiger partial charge < -0.3 is 14.5 Å². The summed E-state index contributed by atoms with van der Waals surface area (Å²) in [5, 5.41) is 2.99. The molecule has 0 atom stereocenters. The van der Waals surface area contributed by atoms with Crippen LogP contribution in [0, 0.1) is 6.92 Å². The van der Waals surface area contributed by atoms with Gasteiger partial charge in [0.2, 0.25) is 5.91 Å². The van der Waals surface area contributed by atoms with Gasteiger partial charge in [0.25, 0.3) is 0 Å². The van der Waals surface area contributed by atoms with Gasteiger partial charge in [-0.05, 0) is 38.0 Å². The zero-order chi connectivity index (χ0) is 19.2. The van der Waals surface area contributed by atoms with E-state index < -0.39 is 0 Å². The molecule has 1 amide bonds. The van der Waals surface area contributed by atoms with Crippen LogP contribution in [0.25, 0.3) is 11.0 Å². The zero-order valence-corrected chi connectivity index (χ0v) is 16.5. The predicted molar refractivity (Wildman–Crippen MR) is 109 cm³/mol. The number of imidazole rings is 2. The monoisotopic (exact) mass is 367 g/mol. The molecule has 6 heteroatoms. The maximum absolute atomic E-state index is 12.0. The lowest BCUT2D eigenvalue weighted by Gasteiger charge is -2.10. The number of amides is 1. The summed E-state index contributed by atoms with van der Waals surface area (Å²) in [6, 6.07) is 6.02. The van der Waals surface area contributed by atoms with Crippen LogP contribution >= 0.6 is 0 Å². The smallest absolute Gasteiger partial charge is 0.224 e. The summed E-state index contributed by atoms with van der Waals surface area (Å²) >= 11 is 0. The third-order valence-electron chi connectivity index (χ3n) is 4.84. The highest BCUT2D eigenvalue weighted by Gasteiger charge is 2.13. The summed E-state index contributed by atoms with van der Waals surface area (Å²) in [6.07, 6.45) is 8.53. The van der Waals surface area contributed by atoms with Crippen LogP contribution in [-0.2, 0) is 17.9 Å². The molecule has 0 bridgehead atoms. The SMILES string of the molecule is CCCCC(=O)Nc1ccc2c(c1)nc(Cn1ccnc1C)n2CCCC. The fourth-order valence-corrected chi connectivity index (χ4v) is 3.23. The van der Waals surface area contributed by atoms with Crippen molar-refractivity contribution in [3.05, 3.63) is 42.2 Å². The van der Waals surface area contributed by atoms with Gasteiger partial charge in [0.15, 0.2) is 0 Å². The van der Waals surface area contributed by atoms with Crippen LogP contribution in [0.2, 0.25) is 0 Å². The van der Waals surface area contributed by atoms with E-state index in [0.29, 0.717) is 13.0 Å². The molecule has 0 unspecified atom stereocenters. The van der Waals surface area contributed by atoms with E-state index in [0.717, 1.165) is 60.6 Å². The van der Waals surface area contributed by atoms with E-state index >= 15 is 0 Å². The van der Waals surface area contributed by atoms with Crippen molar-refractivity contribution in [2.75, 3.05) is 5.32 Å². The van der Waals surface area contributed by atoms with Gasteiger partial charge in [0, 0.05) is 31.0 Å². The Morgan fingerprint density at radius 1 is 1.19 bits per heavy atom. The highest BCUT2D eigenvalue weighted by atomic mass is 16.1. The minimum Gasteiger partial charge on any atom is -0.328 e. The number of nitrogens with one attached hydrogen (secondary N) is 1. The van der Waals surface area contributed by atoms with Crippen LogP contribution in [0.4, 0.5) is 5.69 Å². The maximum Gasteiger partial charge on any atom is 0.224 e. The van der Waals surface area contributed by atoms with Crippen LogP contribution in [0.15, 0.2) is 30.6 Å².